The molecular formula is C14H18N2O. The van der Waals surface area contributed by atoms with E-state index in [1.807, 2.05) is 32.3 Å². The summed E-state index contributed by atoms with van der Waals surface area (Å²) < 4.78 is 5.60. The van der Waals surface area contributed by atoms with Crippen LogP contribution in [0.5, 0.6) is 5.75 Å². The second-order valence-electron chi connectivity index (χ2n) is 3.91. The molecule has 17 heavy (non-hydrogen) atoms. The van der Waals surface area contributed by atoms with E-state index in [0.717, 1.165) is 24.2 Å². The van der Waals surface area contributed by atoms with Crippen LogP contribution < -0.4 is 10.1 Å². The molecule has 0 saturated heterocycles. The van der Waals surface area contributed by atoms with E-state index in [-0.39, 0.29) is 0 Å². The van der Waals surface area contributed by atoms with Crippen LogP contribution in [0, 0.1) is 0 Å². The first-order valence-corrected chi connectivity index (χ1v) is 6.00. The number of nitrogens with zero attached hydrogens (tertiary/aromatic N) is 1. The first-order valence-electron chi connectivity index (χ1n) is 6.00. The Bertz CT molecular complexity index is 497. The molecule has 2 rings (SSSR count). The van der Waals surface area contributed by atoms with Crippen LogP contribution in [0.15, 0.2) is 30.5 Å². The molecule has 1 aromatic heterocycles. The average Bonchev–Trinajstić information content (AvgIpc) is 2.38. The molecule has 0 amide bonds. The third-order valence-electron chi connectivity index (χ3n) is 2.77. The van der Waals surface area contributed by atoms with Crippen molar-refractivity contribution in [2.75, 3.05) is 20.2 Å². The first kappa shape index (κ1) is 11.9. The van der Waals surface area contributed by atoms with E-state index in [2.05, 4.69) is 22.4 Å². The highest BCUT2D eigenvalue weighted by atomic mass is 16.5. The topological polar surface area (TPSA) is 34.1 Å². The second kappa shape index (κ2) is 5.64. The number of benzene rings is 1. The van der Waals surface area contributed by atoms with Gasteiger partial charge in [0.2, 0.25) is 0 Å². The molecule has 0 atom stereocenters. The molecule has 3 nitrogen and oxygen atoms in total. The van der Waals surface area contributed by atoms with Gasteiger partial charge < -0.3 is 10.1 Å². The first-order chi connectivity index (χ1) is 8.36. The molecule has 0 aliphatic rings. The van der Waals surface area contributed by atoms with Crippen molar-refractivity contribution in [3.8, 4) is 5.75 Å². The molecule has 1 heterocycles. The summed E-state index contributed by atoms with van der Waals surface area (Å²) in [5.41, 5.74) is 2.27. The van der Waals surface area contributed by atoms with Gasteiger partial charge in [-0.2, -0.15) is 0 Å². The minimum absolute atomic E-state index is 0.668. The molecule has 3 heteroatoms. The Hall–Kier alpha value is -1.61. The predicted molar refractivity (Wildman–Crippen MR) is 70.5 cm³/mol. The maximum absolute atomic E-state index is 5.60. The van der Waals surface area contributed by atoms with Crippen molar-refractivity contribution < 1.29 is 4.74 Å². The van der Waals surface area contributed by atoms with Gasteiger partial charge in [-0.15, -0.1) is 0 Å². The Morgan fingerprint density at radius 2 is 2.18 bits per heavy atom. The summed E-state index contributed by atoms with van der Waals surface area (Å²) in [6, 6.07) is 8.23. The van der Waals surface area contributed by atoms with Gasteiger partial charge >= 0.3 is 0 Å². The number of hydrogen-bond acceptors (Lipinski definition) is 3. The van der Waals surface area contributed by atoms with E-state index >= 15 is 0 Å². The molecule has 0 fully saturated rings. The van der Waals surface area contributed by atoms with Crippen LogP contribution in [0.25, 0.3) is 10.9 Å². The molecule has 0 saturated carbocycles. The van der Waals surface area contributed by atoms with E-state index in [4.69, 9.17) is 4.74 Å². The lowest BCUT2D eigenvalue weighted by molar-refractivity contribution is 0.343. The summed E-state index contributed by atoms with van der Waals surface area (Å²) in [6.07, 6.45) is 2.82. The zero-order chi connectivity index (χ0) is 12.1. The Kier molecular flexibility index (Phi) is 3.94. The van der Waals surface area contributed by atoms with Crippen molar-refractivity contribution in [2.24, 2.45) is 0 Å². The van der Waals surface area contributed by atoms with Gasteiger partial charge in [-0.25, -0.2) is 0 Å². The molecule has 0 bridgehead atoms. The van der Waals surface area contributed by atoms with Crippen LogP contribution in [0.4, 0.5) is 0 Å². The molecule has 0 radical (unpaired) electrons. The van der Waals surface area contributed by atoms with Crippen LogP contribution in [-0.2, 0) is 6.42 Å². The Labute approximate surface area is 102 Å². The number of hydrogen-bond donors (Lipinski definition) is 1. The van der Waals surface area contributed by atoms with Crippen molar-refractivity contribution >= 4 is 10.9 Å². The number of rotatable bonds is 5. The third kappa shape index (κ3) is 2.56. The van der Waals surface area contributed by atoms with Gasteiger partial charge in [-0.3, -0.25) is 4.98 Å². The minimum Gasteiger partial charge on any atom is -0.492 e. The summed E-state index contributed by atoms with van der Waals surface area (Å²) in [6.45, 7) is 3.63. The molecule has 0 aliphatic heterocycles. The summed E-state index contributed by atoms with van der Waals surface area (Å²) in [5, 5.41) is 4.36. The molecule has 2 aromatic rings. The van der Waals surface area contributed by atoms with Crippen LogP contribution >= 0.6 is 0 Å². The zero-order valence-electron chi connectivity index (χ0n) is 10.4. The number of fused-ring (bicyclic) bond motifs is 1. The van der Waals surface area contributed by atoms with E-state index in [0.29, 0.717) is 6.61 Å². The average molecular weight is 230 g/mol. The highest BCUT2D eigenvalue weighted by Gasteiger charge is 2.06. The van der Waals surface area contributed by atoms with E-state index in [9.17, 15) is 0 Å². The highest BCUT2D eigenvalue weighted by molar-refractivity contribution is 5.87. The van der Waals surface area contributed by atoms with Gasteiger partial charge in [-0.05, 0) is 44.6 Å². The largest absolute Gasteiger partial charge is 0.492 e. The molecule has 0 spiro atoms. The maximum atomic E-state index is 5.60. The molecule has 90 valence electrons. The number of likely N-dealkylation sites (N-methyl/N-ethyl adjacent to an activating group) is 1. The summed E-state index contributed by atoms with van der Waals surface area (Å²) >= 11 is 0. The van der Waals surface area contributed by atoms with Gasteiger partial charge in [0.05, 0.1) is 6.61 Å². The van der Waals surface area contributed by atoms with E-state index in [1.165, 1.54) is 10.9 Å². The Morgan fingerprint density at radius 3 is 2.94 bits per heavy atom. The van der Waals surface area contributed by atoms with Crippen molar-refractivity contribution in [1.82, 2.24) is 10.3 Å². The van der Waals surface area contributed by atoms with Gasteiger partial charge in [0.1, 0.15) is 11.3 Å². The normalized spacial score (nSPS) is 10.7. The smallest absolute Gasteiger partial charge is 0.145 e. The second-order valence-corrected chi connectivity index (χ2v) is 3.91. The maximum Gasteiger partial charge on any atom is 0.145 e. The van der Waals surface area contributed by atoms with Crippen molar-refractivity contribution in [1.29, 1.82) is 0 Å². The van der Waals surface area contributed by atoms with Crippen molar-refractivity contribution in [3.05, 3.63) is 36.0 Å². The zero-order valence-corrected chi connectivity index (χ0v) is 10.4. The van der Waals surface area contributed by atoms with Gasteiger partial charge in [0, 0.05) is 11.6 Å². The van der Waals surface area contributed by atoms with Gasteiger partial charge in [-0.1, -0.05) is 12.1 Å². The minimum atomic E-state index is 0.668. The van der Waals surface area contributed by atoms with E-state index in [1.54, 1.807) is 0 Å². The van der Waals surface area contributed by atoms with Gasteiger partial charge in [0.15, 0.2) is 0 Å². The summed E-state index contributed by atoms with van der Waals surface area (Å²) in [7, 11) is 1.97. The molecule has 1 N–H and O–H groups in total. The molecule has 0 unspecified atom stereocenters. The van der Waals surface area contributed by atoms with Crippen LogP contribution in [0.2, 0.25) is 0 Å². The molecule has 0 aliphatic carbocycles. The number of aromatic nitrogens is 1. The Morgan fingerprint density at radius 1 is 1.29 bits per heavy atom. The highest BCUT2D eigenvalue weighted by Crippen LogP contribution is 2.26. The SMILES string of the molecule is CCOc1ccc(CCNC)c2cccnc12. The number of ether oxygens (including phenoxy) is 1. The lowest BCUT2D eigenvalue weighted by Crippen LogP contribution is -2.10. The Balaban J connectivity index is 2.46. The third-order valence-corrected chi connectivity index (χ3v) is 2.77. The lowest BCUT2D eigenvalue weighted by Gasteiger charge is -2.10. The van der Waals surface area contributed by atoms with Crippen molar-refractivity contribution in [2.45, 2.75) is 13.3 Å². The van der Waals surface area contributed by atoms with Crippen LogP contribution in [-0.4, -0.2) is 25.2 Å². The van der Waals surface area contributed by atoms with E-state index < -0.39 is 0 Å². The summed E-state index contributed by atoms with van der Waals surface area (Å²) in [4.78, 5) is 4.42. The fraction of sp³-hybridized carbons (Fsp3) is 0.357. The fourth-order valence-electron chi connectivity index (χ4n) is 1.96. The van der Waals surface area contributed by atoms with Crippen LogP contribution in [0.1, 0.15) is 12.5 Å². The molecule has 1 aromatic carbocycles. The monoisotopic (exact) mass is 230 g/mol. The predicted octanol–water partition coefficient (Wildman–Crippen LogP) is 2.40. The van der Waals surface area contributed by atoms with Crippen LogP contribution in [0.3, 0.4) is 0 Å². The number of pyridine rings is 1. The standard InChI is InChI=1S/C14H18N2O/c1-3-17-13-7-6-11(8-10-15-2)12-5-4-9-16-14(12)13/h4-7,9,15H,3,8,10H2,1-2H3. The van der Waals surface area contributed by atoms with Crippen molar-refractivity contribution in [3.63, 3.8) is 0 Å². The fourth-order valence-corrected chi connectivity index (χ4v) is 1.96. The lowest BCUT2D eigenvalue weighted by atomic mass is 10.0. The number of nitrogens with one attached hydrogen (secondary N) is 1. The molecular weight excluding hydrogens is 212 g/mol. The van der Waals surface area contributed by atoms with Gasteiger partial charge in [0.25, 0.3) is 0 Å². The quantitative estimate of drug-likeness (QED) is 0.856. The summed E-state index contributed by atoms with van der Waals surface area (Å²) in [5.74, 6) is 0.872.